The molecule has 2 nitrogen and oxygen atoms in total. The van der Waals surface area contributed by atoms with Gasteiger partial charge in [0.2, 0.25) is 0 Å². The minimum Gasteiger partial charge on any atom is -0.422 e. The predicted molar refractivity (Wildman–Crippen MR) is 110 cm³/mol. The summed E-state index contributed by atoms with van der Waals surface area (Å²) in [4.78, 5) is 12.5. The fourth-order valence-corrected chi connectivity index (χ4v) is 3.71. The third kappa shape index (κ3) is 3.73. The fourth-order valence-electron chi connectivity index (χ4n) is 2.33. The molecule has 0 bridgehead atoms. The highest BCUT2D eigenvalue weighted by Gasteiger charge is 2.26. The Balaban J connectivity index is 1.92. The van der Waals surface area contributed by atoms with E-state index in [1.54, 1.807) is 12.1 Å². The first-order chi connectivity index (χ1) is 12.3. The number of ether oxygens (including phenoxy) is 1. The van der Waals surface area contributed by atoms with Gasteiger partial charge < -0.3 is 4.74 Å². The van der Waals surface area contributed by atoms with Gasteiger partial charge in [-0.2, -0.15) is 0 Å². The Morgan fingerprint density at radius 2 is 1.31 bits per heavy atom. The van der Waals surface area contributed by atoms with Crippen molar-refractivity contribution in [3.05, 3.63) is 73.1 Å². The van der Waals surface area contributed by atoms with Crippen LogP contribution >= 0.6 is 69.6 Å². The molecule has 0 saturated carbocycles. The van der Waals surface area contributed by atoms with Gasteiger partial charge in [-0.25, -0.2) is 4.79 Å². The van der Waals surface area contributed by atoms with Gasteiger partial charge in [0.25, 0.3) is 0 Å². The smallest absolute Gasteiger partial charge is 0.334 e. The molecule has 0 spiro atoms. The average Bonchev–Trinajstić information content (AvgIpc) is 2.67. The van der Waals surface area contributed by atoms with Crippen LogP contribution in [0.25, 0.3) is 10.8 Å². The molecule has 0 aromatic heterocycles. The molecule has 0 unspecified atom stereocenters. The van der Waals surface area contributed by atoms with Crippen LogP contribution in [0.1, 0.15) is 10.9 Å². The maximum absolute atomic E-state index is 12.5. The number of esters is 1. The van der Waals surface area contributed by atoms with Gasteiger partial charge in [-0.1, -0.05) is 94.4 Å². The third-order valence-electron chi connectivity index (χ3n) is 3.65. The van der Waals surface area contributed by atoms with E-state index in [2.05, 4.69) is 0 Å². The maximum Gasteiger partial charge on any atom is 0.334 e. The average molecular weight is 469 g/mol. The van der Waals surface area contributed by atoms with Gasteiger partial charge in [0.05, 0.1) is 15.1 Å². The normalized spacial score (nSPS) is 12.2. The van der Waals surface area contributed by atoms with Crippen molar-refractivity contribution in [3.8, 4) is 5.75 Å². The second kappa shape index (κ2) is 8.02. The minimum absolute atomic E-state index is 0.0277. The van der Waals surface area contributed by atoms with Crippen LogP contribution in [0.15, 0.2) is 42.5 Å². The van der Waals surface area contributed by atoms with Crippen molar-refractivity contribution in [3.63, 3.8) is 0 Å². The molecule has 0 radical (unpaired) electrons. The molecular weight excluding hydrogens is 461 g/mol. The SMILES string of the molecule is O=C(Oc1c(Cl)c(Cl)c(Cl)c(Cl)c1Cl)[C@@H](Cl)c1ccc2ccccc2c1. The first-order valence-corrected chi connectivity index (χ1v) is 9.49. The van der Waals surface area contributed by atoms with Gasteiger partial charge in [0.1, 0.15) is 10.0 Å². The third-order valence-corrected chi connectivity index (χ3v) is 6.32. The maximum atomic E-state index is 12.5. The number of fused-ring (bicyclic) bond motifs is 1. The van der Waals surface area contributed by atoms with E-state index in [-0.39, 0.29) is 30.9 Å². The Hall–Kier alpha value is -0.870. The summed E-state index contributed by atoms with van der Waals surface area (Å²) in [5, 5.41) is 0.473. The summed E-state index contributed by atoms with van der Waals surface area (Å²) in [5.41, 5.74) is 0.564. The zero-order valence-corrected chi connectivity index (χ0v) is 17.2. The van der Waals surface area contributed by atoms with E-state index in [9.17, 15) is 4.79 Å². The lowest BCUT2D eigenvalue weighted by Crippen LogP contribution is -2.15. The van der Waals surface area contributed by atoms with E-state index in [1.165, 1.54) is 0 Å². The van der Waals surface area contributed by atoms with E-state index < -0.39 is 11.3 Å². The van der Waals surface area contributed by atoms with Crippen molar-refractivity contribution in [1.29, 1.82) is 0 Å². The van der Waals surface area contributed by atoms with Crippen molar-refractivity contribution >= 4 is 86.3 Å². The first-order valence-electron chi connectivity index (χ1n) is 7.17. The Labute approximate surface area is 179 Å². The molecule has 0 amide bonds. The highest BCUT2D eigenvalue weighted by molar-refractivity contribution is 6.55. The van der Waals surface area contributed by atoms with Crippen LogP contribution in [0.4, 0.5) is 0 Å². The highest BCUT2D eigenvalue weighted by Crippen LogP contribution is 2.48. The Morgan fingerprint density at radius 3 is 1.92 bits per heavy atom. The van der Waals surface area contributed by atoms with E-state index in [1.807, 2.05) is 30.3 Å². The van der Waals surface area contributed by atoms with Crippen molar-refractivity contribution in [2.75, 3.05) is 0 Å². The minimum atomic E-state index is -1.08. The molecule has 3 aromatic rings. The number of carbonyl (C=O) groups is 1. The number of benzene rings is 3. The summed E-state index contributed by atoms with van der Waals surface area (Å²) in [6.45, 7) is 0. The molecule has 0 aliphatic rings. The summed E-state index contributed by atoms with van der Waals surface area (Å²) in [6.07, 6.45) is 0. The summed E-state index contributed by atoms with van der Waals surface area (Å²) in [7, 11) is 0. The lowest BCUT2D eigenvalue weighted by Gasteiger charge is -2.15. The molecule has 0 aliphatic carbocycles. The topological polar surface area (TPSA) is 26.3 Å². The fraction of sp³-hybridized carbons (Fsp3) is 0.0556. The molecule has 1 atom stereocenters. The Bertz CT molecular complexity index is 989. The van der Waals surface area contributed by atoms with Crippen LogP contribution in [0, 0.1) is 0 Å². The number of rotatable bonds is 3. The largest absolute Gasteiger partial charge is 0.422 e. The first kappa shape index (κ1) is 19.9. The summed E-state index contributed by atoms with van der Waals surface area (Å²) < 4.78 is 5.26. The quantitative estimate of drug-likeness (QED) is 0.128. The molecule has 0 saturated heterocycles. The summed E-state index contributed by atoms with van der Waals surface area (Å²) in [5.74, 6) is -0.968. The molecule has 134 valence electrons. The summed E-state index contributed by atoms with van der Waals surface area (Å²) >= 11 is 36.3. The van der Waals surface area contributed by atoms with Crippen LogP contribution in [-0.4, -0.2) is 5.97 Å². The molecule has 3 rings (SSSR count). The Morgan fingerprint density at radius 1 is 0.769 bits per heavy atom. The van der Waals surface area contributed by atoms with Crippen LogP contribution in [0.3, 0.4) is 0 Å². The van der Waals surface area contributed by atoms with Crippen molar-refractivity contribution in [2.45, 2.75) is 5.38 Å². The predicted octanol–water partition coefficient (Wildman–Crippen LogP) is 7.99. The highest BCUT2D eigenvalue weighted by atomic mass is 35.5. The van der Waals surface area contributed by atoms with E-state index in [0.717, 1.165) is 10.8 Å². The van der Waals surface area contributed by atoms with Crippen LogP contribution in [-0.2, 0) is 4.79 Å². The number of alkyl halides is 1. The summed E-state index contributed by atoms with van der Waals surface area (Å²) in [6, 6.07) is 13.1. The number of hydrogen-bond donors (Lipinski definition) is 0. The van der Waals surface area contributed by atoms with E-state index in [0.29, 0.717) is 5.56 Å². The molecule has 0 fully saturated rings. The second-order valence-corrected chi connectivity index (χ2v) is 7.62. The Kier molecular flexibility index (Phi) is 6.13. The zero-order chi connectivity index (χ0) is 19.0. The van der Waals surface area contributed by atoms with Crippen molar-refractivity contribution in [1.82, 2.24) is 0 Å². The molecule has 0 aliphatic heterocycles. The number of halogens is 6. The van der Waals surface area contributed by atoms with Crippen LogP contribution < -0.4 is 4.74 Å². The molecule has 0 heterocycles. The van der Waals surface area contributed by atoms with Gasteiger partial charge in [0, 0.05) is 0 Å². The zero-order valence-electron chi connectivity index (χ0n) is 12.7. The molecule has 3 aromatic carbocycles. The lowest BCUT2D eigenvalue weighted by molar-refractivity contribution is -0.134. The van der Waals surface area contributed by atoms with Crippen LogP contribution in [0.5, 0.6) is 5.75 Å². The molecule has 26 heavy (non-hydrogen) atoms. The molecule has 8 heteroatoms. The number of hydrogen-bond acceptors (Lipinski definition) is 2. The number of carbonyl (C=O) groups excluding carboxylic acids is 1. The van der Waals surface area contributed by atoms with Gasteiger partial charge in [-0.15, -0.1) is 11.6 Å². The standard InChI is InChI=1S/C18H8Cl6O2/c19-11(10-6-5-8-3-1-2-4-9(8)7-10)18(25)26-17-15(23)13(21)12(20)14(22)16(17)24/h1-7,11H/t11-/m0/s1. The molecule has 0 N–H and O–H groups in total. The van der Waals surface area contributed by atoms with Crippen molar-refractivity contribution < 1.29 is 9.53 Å². The van der Waals surface area contributed by atoms with Crippen molar-refractivity contribution in [2.24, 2.45) is 0 Å². The van der Waals surface area contributed by atoms with Gasteiger partial charge >= 0.3 is 5.97 Å². The van der Waals surface area contributed by atoms with E-state index in [4.69, 9.17) is 74.3 Å². The van der Waals surface area contributed by atoms with Crippen LogP contribution in [0.2, 0.25) is 25.1 Å². The van der Waals surface area contributed by atoms with E-state index >= 15 is 0 Å². The van der Waals surface area contributed by atoms with Gasteiger partial charge in [-0.05, 0) is 22.4 Å². The molecular formula is C18H8Cl6O2. The van der Waals surface area contributed by atoms with Gasteiger partial charge in [-0.3, -0.25) is 0 Å². The second-order valence-electron chi connectivity index (χ2n) is 5.29. The lowest BCUT2D eigenvalue weighted by atomic mass is 10.1. The van der Waals surface area contributed by atoms with Gasteiger partial charge in [0.15, 0.2) is 11.1 Å². The monoisotopic (exact) mass is 466 g/mol.